The predicted molar refractivity (Wildman–Crippen MR) is 156 cm³/mol. The number of ether oxygens (including phenoxy) is 3. The molecule has 16 nitrogen and oxygen atoms in total. The van der Waals surface area contributed by atoms with Crippen LogP contribution in [-0.4, -0.2) is 67.9 Å². The van der Waals surface area contributed by atoms with E-state index in [4.69, 9.17) is 14.2 Å². The molecule has 0 unspecified atom stereocenters. The monoisotopic (exact) mass is 644 g/mol. The summed E-state index contributed by atoms with van der Waals surface area (Å²) in [5, 5.41) is 33.9. The van der Waals surface area contributed by atoms with Gasteiger partial charge in [0.25, 0.3) is 11.4 Å². The number of amides is 2. The highest BCUT2D eigenvalue weighted by Crippen LogP contribution is 2.50. The minimum Gasteiger partial charge on any atom is -0.477 e. The first kappa shape index (κ1) is 32.7. The first-order chi connectivity index (χ1) is 21.3. The topological polar surface area (TPSA) is 218 Å². The number of non-ortho nitro benzene ring substituents is 2. The van der Waals surface area contributed by atoms with E-state index in [9.17, 15) is 44.5 Å². The highest BCUT2D eigenvalue weighted by Gasteiger charge is 2.61. The third kappa shape index (κ3) is 7.67. The number of rotatable bonds is 13. The number of fused-ring (bicyclic) bond motifs is 1. The van der Waals surface area contributed by atoms with Gasteiger partial charge < -0.3 is 29.5 Å². The van der Waals surface area contributed by atoms with E-state index < -0.39 is 51.5 Å². The maximum absolute atomic E-state index is 13.1. The molecule has 2 N–H and O–H groups in total. The molecule has 45 heavy (non-hydrogen) atoms. The van der Waals surface area contributed by atoms with Crippen molar-refractivity contribution in [3.05, 3.63) is 90.5 Å². The van der Waals surface area contributed by atoms with Gasteiger partial charge in [0, 0.05) is 47.9 Å². The lowest BCUT2D eigenvalue weighted by Crippen LogP contribution is -2.66. The van der Waals surface area contributed by atoms with Crippen LogP contribution in [0.25, 0.3) is 0 Å². The fourth-order valence-corrected chi connectivity index (χ4v) is 6.03. The predicted octanol–water partition coefficient (Wildman–Crippen LogP) is 4.12. The fraction of sp³-hybridized carbons (Fsp3) is 0.357. The van der Waals surface area contributed by atoms with Gasteiger partial charge in [-0.3, -0.25) is 25.0 Å². The highest BCUT2D eigenvalue weighted by atomic mass is 32.2. The molecule has 2 aliphatic rings. The van der Waals surface area contributed by atoms with E-state index in [-0.39, 0.29) is 49.0 Å². The molecule has 17 heteroatoms. The van der Waals surface area contributed by atoms with E-state index in [0.29, 0.717) is 16.0 Å². The van der Waals surface area contributed by atoms with Crippen LogP contribution < -0.4 is 5.32 Å². The second kappa shape index (κ2) is 13.6. The molecular weight excluding hydrogens is 616 g/mol. The van der Waals surface area contributed by atoms with Crippen molar-refractivity contribution in [1.29, 1.82) is 0 Å². The second-order valence-corrected chi connectivity index (χ2v) is 11.7. The maximum Gasteiger partial charge on any atom is 0.509 e. The van der Waals surface area contributed by atoms with Crippen molar-refractivity contribution in [1.82, 2.24) is 10.2 Å². The number of hydrogen-bond acceptors (Lipinski definition) is 12. The SMILES string of the molecule is CC(C)(OC(=O)OCc1ccc([N+](=O)[O-])cc1)[C@H]1C(=O)N2C(C(=O)O)=C(SCCNC(=O)OCc3ccc([N+](=O)[O-])cc3)C[C@H]12. The Morgan fingerprint density at radius 1 is 0.978 bits per heavy atom. The van der Waals surface area contributed by atoms with E-state index in [2.05, 4.69) is 5.32 Å². The molecule has 2 atom stereocenters. The number of carboxylic acid groups (broad SMARTS) is 1. The number of nitrogens with zero attached hydrogens (tertiary/aromatic N) is 3. The summed E-state index contributed by atoms with van der Waals surface area (Å²) in [4.78, 5) is 71.6. The highest BCUT2D eigenvalue weighted by molar-refractivity contribution is 8.03. The molecule has 2 aromatic rings. The van der Waals surface area contributed by atoms with Gasteiger partial charge in [-0.1, -0.05) is 0 Å². The molecule has 2 aliphatic heterocycles. The molecular formula is C28H28N4O12S. The third-order valence-corrected chi connectivity index (χ3v) is 8.20. The van der Waals surface area contributed by atoms with Crippen molar-refractivity contribution < 1.29 is 48.3 Å². The molecule has 0 radical (unpaired) electrons. The van der Waals surface area contributed by atoms with Crippen LogP contribution in [0.3, 0.4) is 0 Å². The number of hydrogen-bond donors (Lipinski definition) is 2. The molecule has 0 aliphatic carbocycles. The molecule has 1 fully saturated rings. The van der Waals surface area contributed by atoms with Crippen LogP contribution in [0, 0.1) is 26.1 Å². The number of alkyl carbamates (subject to hydrolysis) is 1. The molecule has 0 aromatic heterocycles. The summed E-state index contributed by atoms with van der Waals surface area (Å²) in [6.45, 7) is 2.85. The lowest BCUT2D eigenvalue weighted by Gasteiger charge is -2.49. The van der Waals surface area contributed by atoms with Gasteiger partial charge in [0.1, 0.15) is 24.5 Å². The minimum absolute atomic E-state index is 0.0876. The number of carbonyl (C=O) groups excluding carboxylic acids is 3. The van der Waals surface area contributed by atoms with Crippen LogP contribution in [-0.2, 0) is 37.0 Å². The normalized spacial score (nSPS) is 17.2. The Kier molecular flexibility index (Phi) is 9.91. The number of thioether (sulfide) groups is 1. The number of carboxylic acids is 1. The van der Waals surface area contributed by atoms with Gasteiger partial charge in [-0.25, -0.2) is 14.4 Å². The summed E-state index contributed by atoms with van der Waals surface area (Å²) in [6.07, 6.45) is -1.58. The Hall–Kier alpha value is -5.19. The Morgan fingerprint density at radius 3 is 2.02 bits per heavy atom. The molecule has 2 heterocycles. The first-order valence-corrected chi connectivity index (χ1v) is 14.4. The standard InChI is InChI=1S/C28H28N4O12S/c1-28(2,44-27(37)43-15-17-5-9-19(10-6-17)32(40)41)22-20-13-21(23(25(34)35)30(20)24(22)33)45-12-11-29-26(36)42-14-16-3-7-18(8-4-16)31(38)39/h3-10,20,22H,11-15H2,1-2H3,(H,29,36)(H,34,35)/t20-,22-/m1/s1. The fourth-order valence-electron chi connectivity index (χ4n) is 4.97. The molecule has 0 saturated carbocycles. The first-order valence-electron chi connectivity index (χ1n) is 13.4. The van der Waals surface area contributed by atoms with Crippen molar-refractivity contribution in [2.75, 3.05) is 12.3 Å². The number of benzene rings is 2. The molecule has 2 aromatic carbocycles. The Balaban J connectivity index is 1.25. The van der Waals surface area contributed by atoms with Gasteiger partial charge in [0.2, 0.25) is 5.91 Å². The van der Waals surface area contributed by atoms with Crippen LogP contribution in [0.1, 0.15) is 31.4 Å². The molecule has 0 spiro atoms. The Bertz CT molecular complexity index is 1540. The number of β-lactam (4-membered cyclic amide) rings is 1. The largest absolute Gasteiger partial charge is 0.509 e. The van der Waals surface area contributed by atoms with Crippen molar-refractivity contribution in [3.8, 4) is 0 Å². The van der Waals surface area contributed by atoms with E-state index in [0.717, 1.165) is 11.8 Å². The Morgan fingerprint density at radius 2 is 1.51 bits per heavy atom. The molecule has 2 amide bonds. The van der Waals surface area contributed by atoms with Crippen LogP contribution in [0.4, 0.5) is 21.0 Å². The average Bonchev–Trinajstić information content (AvgIpc) is 3.31. The van der Waals surface area contributed by atoms with Crippen molar-refractivity contribution in [2.45, 2.75) is 45.1 Å². The van der Waals surface area contributed by atoms with Crippen LogP contribution in [0.2, 0.25) is 0 Å². The van der Waals surface area contributed by atoms with Crippen molar-refractivity contribution >= 4 is 47.3 Å². The van der Waals surface area contributed by atoms with Gasteiger partial charge in [-0.05, 0) is 49.2 Å². The summed E-state index contributed by atoms with van der Waals surface area (Å²) >= 11 is 1.16. The van der Waals surface area contributed by atoms with E-state index in [1.54, 1.807) is 0 Å². The summed E-state index contributed by atoms with van der Waals surface area (Å²) in [5.74, 6) is -2.38. The number of nitro groups is 2. The quantitative estimate of drug-likeness (QED) is 0.103. The second-order valence-electron chi connectivity index (χ2n) is 10.5. The van der Waals surface area contributed by atoms with Crippen LogP contribution in [0.15, 0.2) is 59.1 Å². The van der Waals surface area contributed by atoms with Crippen molar-refractivity contribution in [2.24, 2.45) is 5.92 Å². The zero-order valence-electron chi connectivity index (χ0n) is 24.0. The average molecular weight is 645 g/mol. The number of nitrogens with one attached hydrogen (secondary N) is 1. The van der Waals surface area contributed by atoms with Crippen LogP contribution >= 0.6 is 11.8 Å². The summed E-state index contributed by atoms with van der Waals surface area (Å²) in [5.41, 5.74) is -0.667. The van der Waals surface area contributed by atoms with Gasteiger partial charge in [-0.2, -0.15) is 0 Å². The Labute approximate surface area is 259 Å². The van der Waals surface area contributed by atoms with E-state index in [1.165, 1.54) is 67.3 Å². The van der Waals surface area contributed by atoms with Gasteiger partial charge in [0.05, 0.1) is 21.8 Å². The zero-order chi connectivity index (χ0) is 32.9. The summed E-state index contributed by atoms with van der Waals surface area (Å²) in [6, 6.07) is 10.4. The smallest absolute Gasteiger partial charge is 0.477 e. The minimum atomic E-state index is -1.34. The molecule has 0 bridgehead atoms. The van der Waals surface area contributed by atoms with Gasteiger partial charge in [0.15, 0.2) is 0 Å². The van der Waals surface area contributed by atoms with Gasteiger partial charge in [-0.15, -0.1) is 11.8 Å². The third-order valence-electron chi connectivity index (χ3n) is 7.09. The number of aliphatic carboxylic acids is 1. The molecule has 1 saturated heterocycles. The maximum atomic E-state index is 13.1. The van der Waals surface area contributed by atoms with E-state index in [1.807, 2.05) is 0 Å². The van der Waals surface area contributed by atoms with Crippen LogP contribution in [0.5, 0.6) is 0 Å². The zero-order valence-corrected chi connectivity index (χ0v) is 24.8. The van der Waals surface area contributed by atoms with Crippen molar-refractivity contribution in [3.63, 3.8) is 0 Å². The number of nitro benzene ring substituents is 2. The van der Waals surface area contributed by atoms with Gasteiger partial charge >= 0.3 is 18.2 Å². The lowest BCUT2D eigenvalue weighted by molar-refractivity contribution is -0.385. The number of carbonyl (C=O) groups is 4. The summed E-state index contributed by atoms with van der Waals surface area (Å²) in [7, 11) is 0. The summed E-state index contributed by atoms with van der Waals surface area (Å²) < 4.78 is 15.7. The lowest BCUT2D eigenvalue weighted by atomic mass is 9.76. The molecule has 238 valence electrons. The van der Waals surface area contributed by atoms with E-state index >= 15 is 0 Å². The molecule has 4 rings (SSSR count).